The minimum absolute atomic E-state index is 0.292. The van der Waals surface area contributed by atoms with Crippen molar-refractivity contribution in [2.75, 3.05) is 0 Å². The quantitative estimate of drug-likeness (QED) is 0.811. The lowest BCUT2D eigenvalue weighted by atomic mass is 10.2. The number of hydrogen-bond acceptors (Lipinski definition) is 1. The standard InChI is InChI=1S/C14H12BrFO/c1-10-6-7-13(16)14(8-10)17-9-11-4-2-3-5-12(11)15/h2-8H,9H2,1H3. The van der Waals surface area contributed by atoms with Gasteiger partial charge in [-0.25, -0.2) is 4.39 Å². The van der Waals surface area contributed by atoms with Gasteiger partial charge in [0.25, 0.3) is 0 Å². The van der Waals surface area contributed by atoms with Gasteiger partial charge in [-0.1, -0.05) is 40.2 Å². The first-order chi connectivity index (χ1) is 8.16. The summed E-state index contributed by atoms with van der Waals surface area (Å²) in [5.74, 6) is -0.0385. The fourth-order valence-corrected chi connectivity index (χ4v) is 1.89. The van der Waals surface area contributed by atoms with Crippen LogP contribution in [0.4, 0.5) is 4.39 Å². The Morgan fingerprint density at radius 1 is 1.18 bits per heavy atom. The molecule has 88 valence electrons. The second kappa shape index (κ2) is 5.32. The monoisotopic (exact) mass is 294 g/mol. The molecule has 2 aromatic carbocycles. The van der Waals surface area contributed by atoms with E-state index < -0.39 is 0 Å². The molecule has 0 saturated heterocycles. The molecule has 2 aromatic rings. The summed E-state index contributed by atoms with van der Waals surface area (Å²) in [5, 5.41) is 0. The SMILES string of the molecule is Cc1ccc(F)c(OCc2ccccc2Br)c1. The summed E-state index contributed by atoms with van der Waals surface area (Å²) < 4.78 is 19.9. The zero-order chi connectivity index (χ0) is 12.3. The van der Waals surface area contributed by atoms with Crippen molar-refractivity contribution in [3.63, 3.8) is 0 Å². The first kappa shape index (κ1) is 12.1. The molecule has 0 amide bonds. The zero-order valence-electron chi connectivity index (χ0n) is 9.41. The van der Waals surface area contributed by atoms with E-state index in [1.807, 2.05) is 31.2 Å². The van der Waals surface area contributed by atoms with Crippen LogP contribution in [-0.4, -0.2) is 0 Å². The highest BCUT2D eigenvalue weighted by Crippen LogP contribution is 2.22. The van der Waals surface area contributed by atoms with Crippen LogP contribution in [0.25, 0.3) is 0 Å². The molecule has 2 rings (SSSR count). The van der Waals surface area contributed by atoms with Gasteiger partial charge < -0.3 is 4.74 Å². The predicted molar refractivity (Wildman–Crippen MR) is 69.6 cm³/mol. The van der Waals surface area contributed by atoms with Gasteiger partial charge in [0.15, 0.2) is 11.6 Å². The molecule has 0 aliphatic rings. The van der Waals surface area contributed by atoms with Gasteiger partial charge in [0.1, 0.15) is 6.61 Å². The molecule has 0 atom stereocenters. The van der Waals surface area contributed by atoms with Crippen molar-refractivity contribution in [1.82, 2.24) is 0 Å². The third-order valence-corrected chi connectivity index (χ3v) is 3.20. The smallest absolute Gasteiger partial charge is 0.165 e. The Balaban J connectivity index is 2.12. The Morgan fingerprint density at radius 2 is 1.94 bits per heavy atom. The first-order valence-corrected chi connectivity index (χ1v) is 6.08. The molecule has 17 heavy (non-hydrogen) atoms. The molecule has 0 bridgehead atoms. The Morgan fingerprint density at radius 3 is 2.71 bits per heavy atom. The van der Waals surface area contributed by atoms with Crippen LogP contribution in [0, 0.1) is 12.7 Å². The molecule has 3 heteroatoms. The van der Waals surface area contributed by atoms with E-state index in [0.717, 1.165) is 15.6 Å². The van der Waals surface area contributed by atoms with Crippen molar-refractivity contribution in [2.24, 2.45) is 0 Å². The molecule has 0 aliphatic heterocycles. The summed E-state index contributed by atoms with van der Waals surface area (Å²) in [6, 6.07) is 12.6. The number of aryl methyl sites for hydroxylation is 1. The molecule has 0 aliphatic carbocycles. The molecular weight excluding hydrogens is 283 g/mol. The Hall–Kier alpha value is -1.35. The van der Waals surface area contributed by atoms with Crippen molar-refractivity contribution in [1.29, 1.82) is 0 Å². The van der Waals surface area contributed by atoms with Gasteiger partial charge >= 0.3 is 0 Å². The fraction of sp³-hybridized carbons (Fsp3) is 0.143. The second-order valence-corrected chi connectivity index (χ2v) is 4.67. The summed E-state index contributed by atoms with van der Waals surface area (Å²) in [4.78, 5) is 0. The number of ether oxygens (including phenoxy) is 1. The van der Waals surface area contributed by atoms with Crippen LogP contribution in [0.1, 0.15) is 11.1 Å². The van der Waals surface area contributed by atoms with E-state index in [2.05, 4.69) is 15.9 Å². The van der Waals surface area contributed by atoms with Crippen molar-refractivity contribution >= 4 is 15.9 Å². The van der Waals surface area contributed by atoms with Crippen LogP contribution in [0.15, 0.2) is 46.9 Å². The lowest BCUT2D eigenvalue weighted by Gasteiger charge is -2.09. The van der Waals surface area contributed by atoms with Crippen molar-refractivity contribution in [3.05, 3.63) is 63.9 Å². The van der Waals surface area contributed by atoms with Crippen molar-refractivity contribution in [2.45, 2.75) is 13.5 Å². The van der Waals surface area contributed by atoms with E-state index in [4.69, 9.17) is 4.74 Å². The molecule has 0 heterocycles. The lowest BCUT2D eigenvalue weighted by molar-refractivity contribution is 0.289. The highest BCUT2D eigenvalue weighted by Gasteiger charge is 2.05. The van der Waals surface area contributed by atoms with Crippen LogP contribution < -0.4 is 4.74 Å². The summed E-state index contributed by atoms with van der Waals surface area (Å²) in [7, 11) is 0. The molecule has 0 spiro atoms. The highest BCUT2D eigenvalue weighted by molar-refractivity contribution is 9.10. The summed E-state index contributed by atoms with van der Waals surface area (Å²) in [6.45, 7) is 2.26. The Bertz CT molecular complexity index is 525. The van der Waals surface area contributed by atoms with Crippen LogP contribution in [0.3, 0.4) is 0 Å². The molecule has 0 N–H and O–H groups in total. The first-order valence-electron chi connectivity index (χ1n) is 5.29. The molecule has 0 aromatic heterocycles. The number of hydrogen-bond donors (Lipinski definition) is 0. The van der Waals surface area contributed by atoms with Gasteiger partial charge in [-0.2, -0.15) is 0 Å². The van der Waals surface area contributed by atoms with Gasteiger partial charge in [-0.3, -0.25) is 0 Å². The largest absolute Gasteiger partial charge is 0.486 e. The average molecular weight is 295 g/mol. The minimum atomic E-state index is -0.331. The maximum absolute atomic E-state index is 13.4. The topological polar surface area (TPSA) is 9.23 Å². The maximum atomic E-state index is 13.4. The van der Waals surface area contributed by atoms with E-state index >= 15 is 0 Å². The minimum Gasteiger partial charge on any atom is -0.486 e. The van der Waals surface area contributed by atoms with E-state index in [9.17, 15) is 4.39 Å². The summed E-state index contributed by atoms with van der Waals surface area (Å²) in [6.07, 6.45) is 0. The highest BCUT2D eigenvalue weighted by atomic mass is 79.9. The summed E-state index contributed by atoms with van der Waals surface area (Å²) in [5.41, 5.74) is 1.97. The van der Waals surface area contributed by atoms with Crippen molar-refractivity contribution < 1.29 is 9.13 Å². The van der Waals surface area contributed by atoms with E-state index in [-0.39, 0.29) is 5.82 Å². The normalized spacial score (nSPS) is 10.3. The Kier molecular flexibility index (Phi) is 3.79. The third-order valence-electron chi connectivity index (χ3n) is 2.43. The van der Waals surface area contributed by atoms with Crippen LogP contribution in [-0.2, 0) is 6.61 Å². The zero-order valence-corrected chi connectivity index (χ0v) is 11.0. The lowest BCUT2D eigenvalue weighted by Crippen LogP contribution is -1.98. The second-order valence-electron chi connectivity index (χ2n) is 3.81. The van der Waals surface area contributed by atoms with E-state index in [0.29, 0.717) is 12.4 Å². The molecule has 0 fully saturated rings. The fourth-order valence-electron chi connectivity index (χ4n) is 1.49. The van der Waals surface area contributed by atoms with Crippen LogP contribution in [0.2, 0.25) is 0 Å². The van der Waals surface area contributed by atoms with Crippen LogP contribution >= 0.6 is 15.9 Å². The average Bonchev–Trinajstić information content (AvgIpc) is 2.32. The molecular formula is C14H12BrFO. The maximum Gasteiger partial charge on any atom is 0.165 e. The number of benzene rings is 2. The summed E-state index contributed by atoms with van der Waals surface area (Å²) >= 11 is 3.43. The van der Waals surface area contributed by atoms with Gasteiger partial charge in [0.2, 0.25) is 0 Å². The van der Waals surface area contributed by atoms with Crippen molar-refractivity contribution in [3.8, 4) is 5.75 Å². The van der Waals surface area contributed by atoms with E-state index in [1.54, 1.807) is 12.1 Å². The van der Waals surface area contributed by atoms with Gasteiger partial charge in [-0.15, -0.1) is 0 Å². The van der Waals surface area contributed by atoms with Crippen LogP contribution in [0.5, 0.6) is 5.75 Å². The number of rotatable bonds is 3. The number of halogens is 2. The Labute approximate surface area is 108 Å². The molecule has 0 saturated carbocycles. The third kappa shape index (κ3) is 3.07. The van der Waals surface area contributed by atoms with Gasteiger partial charge in [0.05, 0.1) is 0 Å². The van der Waals surface area contributed by atoms with Gasteiger partial charge in [-0.05, 0) is 30.7 Å². The predicted octanol–water partition coefficient (Wildman–Crippen LogP) is 4.48. The molecule has 0 unspecified atom stereocenters. The van der Waals surface area contributed by atoms with Gasteiger partial charge in [0, 0.05) is 10.0 Å². The molecule has 0 radical (unpaired) electrons. The molecule has 1 nitrogen and oxygen atoms in total. The van der Waals surface area contributed by atoms with E-state index in [1.165, 1.54) is 6.07 Å².